The van der Waals surface area contributed by atoms with Crippen molar-refractivity contribution in [3.8, 4) is 0 Å². The van der Waals surface area contributed by atoms with Crippen LogP contribution >= 0.6 is 0 Å². The molecule has 0 saturated carbocycles. The minimum absolute atomic E-state index is 0.0263. The zero-order valence-corrected chi connectivity index (χ0v) is 10.5. The molecule has 1 atom stereocenters. The van der Waals surface area contributed by atoms with Crippen molar-refractivity contribution in [2.24, 2.45) is 5.92 Å². The molecule has 0 aliphatic rings. The molecule has 0 spiro atoms. The zero-order valence-electron chi connectivity index (χ0n) is 10.5. The van der Waals surface area contributed by atoms with Crippen LogP contribution in [0.5, 0.6) is 0 Å². The fourth-order valence-electron chi connectivity index (χ4n) is 1.38. The number of nitrogens with zero attached hydrogens (tertiary/aromatic N) is 2. The lowest BCUT2D eigenvalue weighted by molar-refractivity contribution is -0.385. The summed E-state index contributed by atoms with van der Waals surface area (Å²) in [5.41, 5.74) is 0.491. The van der Waals surface area contributed by atoms with Gasteiger partial charge in [0.1, 0.15) is 12.0 Å². The Hall–Kier alpha value is -2.18. The summed E-state index contributed by atoms with van der Waals surface area (Å²) in [6.45, 7) is 3.71. The van der Waals surface area contributed by atoms with Crippen molar-refractivity contribution in [2.45, 2.75) is 13.8 Å². The first kappa shape index (κ1) is 13.9. The summed E-state index contributed by atoms with van der Waals surface area (Å²) in [6.07, 6.45) is 1.19. The van der Waals surface area contributed by atoms with Crippen LogP contribution in [-0.2, 0) is 9.53 Å². The number of carbonyl (C=O) groups excluding carboxylic acids is 1. The van der Waals surface area contributed by atoms with Gasteiger partial charge in [-0.1, -0.05) is 6.92 Å². The second-order valence-electron chi connectivity index (χ2n) is 3.92. The van der Waals surface area contributed by atoms with E-state index < -0.39 is 4.92 Å². The van der Waals surface area contributed by atoms with Crippen molar-refractivity contribution in [3.63, 3.8) is 0 Å². The monoisotopic (exact) mass is 253 g/mol. The van der Waals surface area contributed by atoms with Gasteiger partial charge in [-0.25, -0.2) is 4.98 Å². The van der Waals surface area contributed by atoms with E-state index in [0.29, 0.717) is 17.9 Å². The number of methoxy groups -OCH3 is 1. The van der Waals surface area contributed by atoms with E-state index in [0.717, 1.165) is 0 Å². The lowest BCUT2D eigenvalue weighted by Gasteiger charge is -2.11. The largest absolute Gasteiger partial charge is 0.469 e. The molecule has 1 aromatic rings. The molecule has 1 aromatic heterocycles. The second-order valence-corrected chi connectivity index (χ2v) is 3.92. The Kier molecular flexibility index (Phi) is 4.59. The number of aromatic nitrogens is 1. The number of anilines is 1. The third kappa shape index (κ3) is 3.41. The summed E-state index contributed by atoms with van der Waals surface area (Å²) >= 11 is 0. The first-order valence-electron chi connectivity index (χ1n) is 5.38. The Morgan fingerprint density at radius 2 is 2.33 bits per heavy atom. The molecule has 0 saturated heterocycles. The normalized spacial score (nSPS) is 11.7. The number of nitrogens with one attached hydrogen (secondary N) is 1. The van der Waals surface area contributed by atoms with Gasteiger partial charge in [0, 0.05) is 12.1 Å². The van der Waals surface area contributed by atoms with Crippen LogP contribution in [0, 0.1) is 23.0 Å². The van der Waals surface area contributed by atoms with E-state index in [9.17, 15) is 14.9 Å². The van der Waals surface area contributed by atoms with Crippen molar-refractivity contribution in [1.82, 2.24) is 4.98 Å². The maximum atomic E-state index is 11.2. The number of pyridine rings is 1. The number of esters is 1. The van der Waals surface area contributed by atoms with Gasteiger partial charge in [0.2, 0.25) is 0 Å². The summed E-state index contributed by atoms with van der Waals surface area (Å²) in [7, 11) is 1.33. The fourth-order valence-corrected chi connectivity index (χ4v) is 1.38. The zero-order chi connectivity index (χ0) is 13.7. The van der Waals surface area contributed by atoms with Crippen LogP contribution in [0.1, 0.15) is 12.5 Å². The Labute approximate surface area is 104 Å². The quantitative estimate of drug-likeness (QED) is 0.485. The third-order valence-corrected chi connectivity index (χ3v) is 2.47. The Morgan fingerprint density at radius 3 is 2.83 bits per heavy atom. The molecular weight excluding hydrogens is 238 g/mol. The standard InChI is InChI=1S/C11H15N3O4/c1-7-4-10(13-6-9(7)14(16)17)12-5-8(2)11(15)18-3/h4,6,8H,5H2,1-3H3,(H,12,13). The van der Waals surface area contributed by atoms with E-state index in [1.165, 1.54) is 13.3 Å². The van der Waals surface area contributed by atoms with Crippen LogP contribution in [-0.4, -0.2) is 29.5 Å². The van der Waals surface area contributed by atoms with Crippen LogP contribution in [0.3, 0.4) is 0 Å². The number of hydrogen-bond donors (Lipinski definition) is 1. The highest BCUT2D eigenvalue weighted by Crippen LogP contribution is 2.18. The predicted octanol–water partition coefficient (Wildman–Crippen LogP) is 1.52. The van der Waals surface area contributed by atoms with E-state index in [1.54, 1.807) is 19.9 Å². The number of aryl methyl sites for hydroxylation is 1. The Balaban J connectivity index is 2.67. The first-order chi connectivity index (χ1) is 8.45. The minimum Gasteiger partial charge on any atom is -0.469 e. The molecule has 0 bridgehead atoms. The van der Waals surface area contributed by atoms with Gasteiger partial charge < -0.3 is 10.1 Å². The smallest absolute Gasteiger partial charge is 0.310 e. The van der Waals surface area contributed by atoms with Crippen LogP contribution in [0.25, 0.3) is 0 Å². The van der Waals surface area contributed by atoms with Crippen LogP contribution in [0.15, 0.2) is 12.3 Å². The lowest BCUT2D eigenvalue weighted by Crippen LogP contribution is -2.21. The molecule has 1 N–H and O–H groups in total. The number of ether oxygens (including phenoxy) is 1. The Bertz CT molecular complexity index is 462. The van der Waals surface area contributed by atoms with Crippen LogP contribution < -0.4 is 5.32 Å². The van der Waals surface area contributed by atoms with Gasteiger partial charge in [0.05, 0.1) is 18.0 Å². The van der Waals surface area contributed by atoms with Crippen molar-refractivity contribution >= 4 is 17.5 Å². The molecule has 0 fully saturated rings. The second kappa shape index (κ2) is 5.95. The van der Waals surface area contributed by atoms with E-state index in [2.05, 4.69) is 15.0 Å². The summed E-state index contributed by atoms with van der Waals surface area (Å²) in [5, 5.41) is 13.5. The Morgan fingerprint density at radius 1 is 1.67 bits per heavy atom. The van der Waals surface area contributed by atoms with Gasteiger partial charge in [-0.05, 0) is 13.0 Å². The highest BCUT2D eigenvalue weighted by atomic mass is 16.6. The molecule has 0 amide bonds. The van der Waals surface area contributed by atoms with Gasteiger partial charge in [-0.3, -0.25) is 14.9 Å². The van der Waals surface area contributed by atoms with Crippen molar-refractivity contribution < 1.29 is 14.5 Å². The van der Waals surface area contributed by atoms with E-state index in [4.69, 9.17) is 0 Å². The molecule has 0 radical (unpaired) electrons. The number of hydrogen-bond acceptors (Lipinski definition) is 6. The summed E-state index contributed by atoms with van der Waals surface area (Å²) in [4.78, 5) is 25.2. The van der Waals surface area contributed by atoms with Crippen molar-refractivity contribution in [2.75, 3.05) is 19.0 Å². The maximum Gasteiger partial charge on any atom is 0.310 e. The summed E-state index contributed by atoms with van der Waals surface area (Å²) in [5.74, 6) is -0.137. The van der Waals surface area contributed by atoms with Crippen LogP contribution in [0.4, 0.5) is 11.5 Å². The van der Waals surface area contributed by atoms with Gasteiger partial charge in [-0.2, -0.15) is 0 Å². The molecule has 1 unspecified atom stereocenters. The van der Waals surface area contributed by atoms with E-state index in [-0.39, 0.29) is 17.6 Å². The van der Waals surface area contributed by atoms with Crippen LogP contribution in [0.2, 0.25) is 0 Å². The molecule has 1 rings (SSSR count). The highest BCUT2D eigenvalue weighted by Gasteiger charge is 2.14. The van der Waals surface area contributed by atoms with E-state index in [1.807, 2.05) is 0 Å². The SMILES string of the molecule is COC(=O)C(C)CNc1cc(C)c([N+](=O)[O-])cn1. The average molecular weight is 253 g/mol. The van der Waals surface area contributed by atoms with Gasteiger partial charge >= 0.3 is 5.97 Å². The van der Waals surface area contributed by atoms with Gasteiger partial charge in [-0.15, -0.1) is 0 Å². The molecule has 7 nitrogen and oxygen atoms in total. The highest BCUT2D eigenvalue weighted by molar-refractivity contribution is 5.72. The van der Waals surface area contributed by atoms with E-state index >= 15 is 0 Å². The summed E-state index contributed by atoms with van der Waals surface area (Å²) in [6, 6.07) is 1.57. The van der Waals surface area contributed by atoms with Gasteiger partial charge in [0.25, 0.3) is 5.69 Å². The molecule has 98 valence electrons. The summed E-state index contributed by atoms with van der Waals surface area (Å²) < 4.78 is 4.59. The fraction of sp³-hybridized carbons (Fsp3) is 0.455. The minimum atomic E-state index is -0.483. The third-order valence-electron chi connectivity index (χ3n) is 2.47. The molecule has 7 heteroatoms. The number of nitro groups is 1. The molecule has 0 aromatic carbocycles. The molecule has 1 heterocycles. The first-order valence-corrected chi connectivity index (χ1v) is 5.38. The molecule has 18 heavy (non-hydrogen) atoms. The maximum absolute atomic E-state index is 11.2. The topological polar surface area (TPSA) is 94.4 Å². The lowest BCUT2D eigenvalue weighted by atomic mass is 10.2. The van der Waals surface area contributed by atoms with Crippen molar-refractivity contribution in [1.29, 1.82) is 0 Å². The van der Waals surface area contributed by atoms with Crippen molar-refractivity contribution in [3.05, 3.63) is 27.9 Å². The molecule has 0 aliphatic carbocycles. The number of rotatable bonds is 5. The molecular formula is C11H15N3O4. The van der Waals surface area contributed by atoms with Gasteiger partial charge in [0.15, 0.2) is 0 Å². The molecule has 0 aliphatic heterocycles. The average Bonchev–Trinajstić information content (AvgIpc) is 2.34. The predicted molar refractivity (Wildman–Crippen MR) is 65.3 cm³/mol. The number of carbonyl (C=O) groups is 1.